The first-order valence-electron chi connectivity index (χ1n) is 6.46. The number of hydrogen-bond donors (Lipinski definition) is 1. The molecule has 1 N–H and O–H groups in total. The van der Waals surface area contributed by atoms with Gasteiger partial charge < -0.3 is 14.4 Å². The van der Waals surface area contributed by atoms with Gasteiger partial charge in [-0.2, -0.15) is 0 Å². The number of nitrogens with zero attached hydrogens (tertiary/aromatic N) is 1. The van der Waals surface area contributed by atoms with Crippen molar-refractivity contribution in [2.45, 2.75) is 26.8 Å². The molecule has 0 saturated heterocycles. The van der Waals surface area contributed by atoms with Gasteiger partial charge in [-0.15, -0.1) is 0 Å². The fraction of sp³-hybridized carbons (Fsp3) is 0.400. The van der Waals surface area contributed by atoms with E-state index in [1.54, 1.807) is 14.0 Å². The first-order chi connectivity index (χ1) is 9.08. The smallest absolute Gasteiger partial charge is 0.306 e. The van der Waals surface area contributed by atoms with Gasteiger partial charge in [-0.25, -0.2) is 0 Å². The Kier molecular flexibility index (Phi) is 3.79. The molecule has 1 unspecified atom stereocenters. The molecule has 19 heavy (non-hydrogen) atoms. The van der Waals surface area contributed by atoms with E-state index in [0.29, 0.717) is 6.42 Å². The Morgan fingerprint density at radius 1 is 1.47 bits per heavy atom. The third kappa shape index (κ3) is 2.43. The summed E-state index contributed by atoms with van der Waals surface area (Å²) in [7, 11) is 1.65. The Labute approximate surface area is 112 Å². The van der Waals surface area contributed by atoms with E-state index in [-0.39, 0.29) is 5.92 Å². The van der Waals surface area contributed by atoms with Crippen LogP contribution in [0.2, 0.25) is 0 Å². The van der Waals surface area contributed by atoms with Gasteiger partial charge in [-0.1, -0.05) is 19.1 Å². The van der Waals surface area contributed by atoms with Gasteiger partial charge in [0.05, 0.1) is 18.5 Å². The second-order valence-electron chi connectivity index (χ2n) is 4.74. The summed E-state index contributed by atoms with van der Waals surface area (Å²) in [5.74, 6) is -0.323. The van der Waals surface area contributed by atoms with Gasteiger partial charge in [-0.3, -0.25) is 4.79 Å². The summed E-state index contributed by atoms with van der Waals surface area (Å²) in [5.41, 5.74) is 2.10. The lowest BCUT2D eigenvalue weighted by molar-refractivity contribution is -0.141. The number of para-hydroxylation sites is 1. The lowest BCUT2D eigenvalue weighted by Gasteiger charge is -2.06. The molecule has 0 aliphatic carbocycles. The summed E-state index contributed by atoms with van der Waals surface area (Å²) >= 11 is 0. The number of aryl methyl sites for hydroxylation is 1. The summed E-state index contributed by atoms with van der Waals surface area (Å²) in [5, 5.41) is 10.1. The summed E-state index contributed by atoms with van der Waals surface area (Å²) < 4.78 is 7.51. The number of benzene rings is 1. The Morgan fingerprint density at radius 3 is 2.79 bits per heavy atom. The molecule has 0 aliphatic rings. The molecule has 1 aromatic heterocycles. The molecular weight excluding hydrogens is 242 g/mol. The molecular formula is C15H19NO3. The molecule has 0 fully saturated rings. The first-order valence-corrected chi connectivity index (χ1v) is 6.46. The minimum absolute atomic E-state index is 0.387. The minimum atomic E-state index is -0.764. The summed E-state index contributed by atoms with van der Waals surface area (Å²) in [6, 6.07) is 5.89. The number of carbonyl (C=O) groups is 1. The maximum atomic E-state index is 11.0. The average Bonchev–Trinajstić information content (AvgIpc) is 2.76. The molecule has 0 radical (unpaired) electrons. The van der Waals surface area contributed by atoms with Crippen molar-refractivity contribution < 1.29 is 14.6 Å². The third-order valence-corrected chi connectivity index (χ3v) is 3.45. The van der Waals surface area contributed by atoms with Crippen molar-refractivity contribution in [2.75, 3.05) is 7.11 Å². The molecule has 1 heterocycles. The topological polar surface area (TPSA) is 51.5 Å². The fourth-order valence-electron chi connectivity index (χ4n) is 2.39. The third-order valence-electron chi connectivity index (χ3n) is 3.45. The highest BCUT2D eigenvalue weighted by molar-refractivity contribution is 5.89. The van der Waals surface area contributed by atoms with Gasteiger partial charge in [0.15, 0.2) is 0 Å². The van der Waals surface area contributed by atoms with Gasteiger partial charge in [0, 0.05) is 18.1 Å². The molecule has 1 atom stereocenters. The standard InChI is InChI=1S/C15H19NO3/c1-4-16-9-11(8-10(2)15(17)18)12-6-5-7-13(19-3)14(12)16/h5-7,9-10H,4,8H2,1-3H3,(H,17,18). The maximum absolute atomic E-state index is 11.0. The van der Waals surface area contributed by atoms with E-state index in [1.165, 1.54) is 0 Å². The minimum Gasteiger partial charge on any atom is -0.495 e. The van der Waals surface area contributed by atoms with Gasteiger partial charge >= 0.3 is 5.97 Å². The predicted molar refractivity (Wildman–Crippen MR) is 74.7 cm³/mol. The normalized spacial score (nSPS) is 12.6. The Hall–Kier alpha value is -1.97. The molecule has 102 valence electrons. The second-order valence-corrected chi connectivity index (χ2v) is 4.74. The zero-order valence-corrected chi connectivity index (χ0v) is 11.5. The number of carboxylic acids is 1. The molecule has 0 aliphatic heterocycles. The van der Waals surface area contributed by atoms with Crippen LogP contribution in [-0.2, 0) is 17.8 Å². The molecule has 0 amide bonds. The van der Waals surface area contributed by atoms with Crippen LogP contribution in [0.1, 0.15) is 19.4 Å². The Balaban J connectivity index is 2.54. The first kappa shape index (κ1) is 13.5. The van der Waals surface area contributed by atoms with E-state index in [2.05, 4.69) is 11.5 Å². The number of fused-ring (bicyclic) bond motifs is 1. The van der Waals surface area contributed by atoms with E-state index < -0.39 is 5.97 Å². The highest BCUT2D eigenvalue weighted by Crippen LogP contribution is 2.31. The number of hydrogen-bond acceptors (Lipinski definition) is 2. The molecule has 0 spiro atoms. The molecule has 2 aromatic rings. The van der Waals surface area contributed by atoms with Crippen molar-refractivity contribution in [1.82, 2.24) is 4.57 Å². The van der Waals surface area contributed by atoms with Gasteiger partial charge in [0.2, 0.25) is 0 Å². The van der Waals surface area contributed by atoms with Crippen LogP contribution in [0.3, 0.4) is 0 Å². The fourth-order valence-corrected chi connectivity index (χ4v) is 2.39. The van der Waals surface area contributed by atoms with Crippen molar-refractivity contribution in [3.8, 4) is 5.75 Å². The van der Waals surface area contributed by atoms with Crippen LogP contribution in [0.5, 0.6) is 5.75 Å². The molecule has 4 nitrogen and oxygen atoms in total. The number of methoxy groups -OCH3 is 1. The largest absolute Gasteiger partial charge is 0.495 e. The number of carboxylic acid groups (broad SMARTS) is 1. The summed E-state index contributed by atoms with van der Waals surface area (Å²) in [6.07, 6.45) is 2.57. The van der Waals surface area contributed by atoms with Crippen LogP contribution < -0.4 is 4.74 Å². The number of aromatic nitrogens is 1. The Bertz CT molecular complexity index is 601. The van der Waals surface area contributed by atoms with Crippen molar-refractivity contribution >= 4 is 16.9 Å². The van der Waals surface area contributed by atoms with Gasteiger partial charge in [-0.05, 0) is 25.0 Å². The summed E-state index contributed by atoms with van der Waals surface area (Å²) in [6.45, 7) is 4.63. The van der Waals surface area contributed by atoms with E-state index in [4.69, 9.17) is 9.84 Å². The highest BCUT2D eigenvalue weighted by Gasteiger charge is 2.17. The van der Waals surface area contributed by atoms with Crippen molar-refractivity contribution in [2.24, 2.45) is 5.92 Å². The van der Waals surface area contributed by atoms with Crippen molar-refractivity contribution in [3.63, 3.8) is 0 Å². The van der Waals surface area contributed by atoms with Crippen LogP contribution in [0.25, 0.3) is 10.9 Å². The lowest BCUT2D eigenvalue weighted by Crippen LogP contribution is -2.11. The number of aliphatic carboxylic acids is 1. The zero-order chi connectivity index (χ0) is 14.0. The van der Waals surface area contributed by atoms with Crippen LogP contribution in [0.15, 0.2) is 24.4 Å². The van der Waals surface area contributed by atoms with E-state index >= 15 is 0 Å². The lowest BCUT2D eigenvalue weighted by atomic mass is 10.0. The predicted octanol–water partition coefficient (Wildman–Crippen LogP) is 2.93. The Morgan fingerprint density at radius 2 is 2.21 bits per heavy atom. The number of ether oxygens (including phenoxy) is 1. The van der Waals surface area contributed by atoms with Crippen LogP contribution in [0, 0.1) is 5.92 Å². The second kappa shape index (κ2) is 5.34. The molecule has 1 aromatic carbocycles. The molecule has 4 heteroatoms. The van der Waals surface area contributed by atoms with Crippen molar-refractivity contribution in [1.29, 1.82) is 0 Å². The summed E-state index contributed by atoms with van der Waals surface area (Å²) in [4.78, 5) is 11.0. The monoisotopic (exact) mass is 261 g/mol. The maximum Gasteiger partial charge on any atom is 0.306 e. The van der Waals surface area contributed by atoms with Gasteiger partial charge in [0.1, 0.15) is 5.75 Å². The van der Waals surface area contributed by atoms with E-state index in [9.17, 15) is 4.79 Å². The zero-order valence-electron chi connectivity index (χ0n) is 11.5. The highest BCUT2D eigenvalue weighted by atomic mass is 16.5. The average molecular weight is 261 g/mol. The SMILES string of the molecule is CCn1cc(CC(C)C(=O)O)c2cccc(OC)c21. The van der Waals surface area contributed by atoms with E-state index in [0.717, 1.165) is 28.8 Å². The quantitative estimate of drug-likeness (QED) is 0.900. The molecule has 0 bridgehead atoms. The van der Waals surface area contributed by atoms with Crippen LogP contribution in [-0.4, -0.2) is 22.8 Å². The molecule has 2 rings (SSSR count). The number of rotatable bonds is 5. The molecule has 0 saturated carbocycles. The van der Waals surface area contributed by atoms with E-state index in [1.807, 2.05) is 24.4 Å². The van der Waals surface area contributed by atoms with Gasteiger partial charge in [0.25, 0.3) is 0 Å². The van der Waals surface area contributed by atoms with Crippen LogP contribution >= 0.6 is 0 Å². The van der Waals surface area contributed by atoms with Crippen molar-refractivity contribution in [3.05, 3.63) is 30.0 Å². The van der Waals surface area contributed by atoms with Crippen LogP contribution in [0.4, 0.5) is 0 Å².